The van der Waals surface area contributed by atoms with E-state index in [2.05, 4.69) is 20.7 Å². The molecule has 0 spiro atoms. The van der Waals surface area contributed by atoms with Crippen molar-refractivity contribution < 1.29 is 27.4 Å². The molecule has 12 heteroatoms. The third kappa shape index (κ3) is 6.32. The molecule has 0 saturated carbocycles. The fraction of sp³-hybridized carbons (Fsp3) is 0.154. The Bertz CT molecular complexity index is 1420. The van der Waals surface area contributed by atoms with E-state index < -0.39 is 17.6 Å². The second-order valence-corrected chi connectivity index (χ2v) is 8.69. The van der Waals surface area contributed by atoms with Gasteiger partial charge < -0.3 is 9.47 Å². The maximum absolute atomic E-state index is 12.7. The number of nitrogens with one attached hydrogen (secondary N) is 1. The van der Waals surface area contributed by atoms with Crippen molar-refractivity contribution in [1.82, 2.24) is 20.2 Å². The first kappa shape index (κ1) is 26.7. The van der Waals surface area contributed by atoms with E-state index in [4.69, 9.17) is 9.47 Å². The molecule has 0 bridgehead atoms. The van der Waals surface area contributed by atoms with E-state index >= 15 is 0 Å². The fourth-order valence-electron chi connectivity index (χ4n) is 3.43. The Balaban J connectivity index is 1.49. The van der Waals surface area contributed by atoms with Crippen molar-refractivity contribution in [1.29, 1.82) is 0 Å². The molecule has 0 radical (unpaired) electrons. The van der Waals surface area contributed by atoms with Crippen LogP contribution in [-0.2, 0) is 11.0 Å². The summed E-state index contributed by atoms with van der Waals surface area (Å²) in [4.78, 5) is 12.4. The second kappa shape index (κ2) is 11.8. The van der Waals surface area contributed by atoms with Gasteiger partial charge >= 0.3 is 6.18 Å². The maximum atomic E-state index is 12.7. The molecule has 0 atom stereocenters. The van der Waals surface area contributed by atoms with Gasteiger partial charge in [-0.3, -0.25) is 9.36 Å². The lowest BCUT2D eigenvalue weighted by Gasteiger charge is -2.12. The molecule has 8 nitrogen and oxygen atoms in total. The standard InChI is InChI=1S/C26H22F3N5O3S/c1-36-21-13-10-18(14-22(21)37-2)24-32-33-25(34(24)20-6-4-3-5-7-20)38-16-23(35)31-30-15-17-8-11-19(12-9-17)26(27,28)29/h3-15H,16H2,1-2H3,(H,31,35)/b30-15+. The predicted molar refractivity (Wildman–Crippen MR) is 138 cm³/mol. The number of carbonyl (C=O) groups is 1. The number of ether oxygens (including phenoxy) is 2. The molecular weight excluding hydrogens is 519 g/mol. The van der Waals surface area contributed by atoms with Crippen LogP contribution in [0.25, 0.3) is 17.1 Å². The van der Waals surface area contributed by atoms with Crippen LogP contribution in [0.3, 0.4) is 0 Å². The highest BCUT2D eigenvalue weighted by Crippen LogP contribution is 2.34. The van der Waals surface area contributed by atoms with E-state index in [0.29, 0.717) is 28.0 Å². The molecule has 3 aromatic carbocycles. The average molecular weight is 542 g/mol. The summed E-state index contributed by atoms with van der Waals surface area (Å²) in [6, 6.07) is 19.3. The number of amides is 1. The van der Waals surface area contributed by atoms with Crippen LogP contribution in [0.4, 0.5) is 13.2 Å². The number of para-hydroxylation sites is 1. The van der Waals surface area contributed by atoms with E-state index in [9.17, 15) is 18.0 Å². The predicted octanol–water partition coefficient (Wildman–Crippen LogP) is 5.21. The minimum Gasteiger partial charge on any atom is -0.493 e. The van der Waals surface area contributed by atoms with Gasteiger partial charge in [0.15, 0.2) is 22.5 Å². The summed E-state index contributed by atoms with van der Waals surface area (Å²) >= 11 is 1.16. The smallest absolute Gasteiger partial charge is 0.416 e. The number of methoxy groups -OCH3 is 2. The van der Waals surface area contributed by atoms with Crippen molar-refractivity contribution in [2.24, 2.45) is 5.10 Å². The summed E-state index contributed by atoms with van der Waals surface area (Å²) in [5.74, 6) is 1.20. The first-order valence-electron chi connectivity index (χ1n) is 11.2. The number of hydrogen-bond acceptors (Lipinski definition) is 7. The number of alkyl halides is 3. The molecule has 196 valence electrons. The minimum atomic E-state index is -4.42. The Morgan fingerprint density at radius 2 is 1.71 bits per heavy atom. The molecule has 0 aliphatic rings. The second-order valence-electron chi connectivity index (χ2n) is 7.75. The molecule has 4 rings (SSSR count). The highest BCUT2D eigenvalue weighted by Gasteiger charge is 2.29. The maximum Gasteiger partial charge on any atom is 0.416 e. The van der Waals surface area contributed by atoms with Gasteiger partial charge in [0.1, 0.15) is 0 Å². The van der Waals surface area contributed by atoms with E-state index in [-0.39, 0.29) is 5.75 Å². The quantitative estimate of drug-likeness (QED) is 0.178. The lowest BCUT2D eigenvalue weighted by atomic mass is 10.1. The van der Waals surface area contributed by atoms with Gasteiger partial charge in [0.25, 0.3) is 5.91 Å². The van der Waals surface area contributed by atoms with Crippen LogP contribution in [0.2, 0.25) is 0 Å². The van der Waals surface area contributed by atoms with Gasteiger partial charge in [0.05, 0.1) is 31.8 Å². The van der Waals surface area contributed by atoms with Crippen LogP contribution in [0.5, 0.6) is 11.5 Å². The number of halogens is 3. The van der Waals surface area contributed by atoms with E-state index in [1.807, 2.05) is 41.0 Å². The zero-order valence-corrected chi connectivity index (χ0v) is 21.1. The Morgan fingerprint density at radius 1 is 1.00 bits per heavy atom. The number of aromatic nitrogens is 3. The number of benzene rings is 3. The molecule has 0 aliphatic heterocycles. The van der Waals surface area contributed by atoms with Crippen LogP contribution in [0.1, 0.15) is 11.1 Å². The van der Waals surface area contributed by atoms with Crippen LogP contribution < -0.4 is 14.9 Å². The lowest BCUT2D eigenvalue weighted by molar-refractivity contribution is -0.137. The van der Waals surface area contributed by atoms with E-state index in [0.717, 1.165) is 35.1 Å². The largest absolute Gasteiger partial charge is 0.493 e. The normalized spacial score (nSPS) is 11.5. The Morgan fingerprint density at radius 3 is 2.37 bits per heavy atom. The van der Waals surface area contributed by atoms with Gasteiger partial charge in [-0.1, -0.05) is 42.1 Å². The number of hydrazone groups is 1. The number of hydrogen-bond donors (Lipinski definition) is 1. The molecule has 0 aliphatic carbocycles. The molecule has 1 aromatic heterocycles. The molecule has 38 heavy (non-hydrogen) atoms. The molecule has 1 heterocycles. The van der Waals surface area contributed by atoms with Gasteiger partial charge in [-0.25, -0.2) is 5.43 Å². The molecule has 1 amide bonds. The number of rotatable bonds is 9. The third-order valence-corrected chi connectivity index (χ3v) is 6.19. The Labute approximate surface area is 220 Å². The van der Waals surface area contributed by atoms with Crippen molar-refractivity contribution in [2.75, 3.05) is 20.0 Å². The van der Waals surface area contributed by atoms with Crippen LogP contribution in [0.15, 0.2) is 83.1 Å². The molecule has 1 N–H and O–H groups in total. The van der Waals surface area contributed by atoms with Crippen molar-refractivity contribution in [2.45, 2.75) is 11.3 Å². The molecule has 4 aromatic rings. The molecule has 0 fully saturated rings. The highest BCUT2D eigenvalue weighted by molar-refractivity contribution is 7.99. The zero-order valence-electron chi connectivity index (χ0n) is 20.3. The molecular formula is C26H22F3N5O3S. The molecule has 0 unspecified atom stereocenters. The van der Waals surface area contributed by atoms with Crippen molar-refractivity contribution >= 4 is 23.9 Å². The summed E-state index contributed by atoms with van der Waals surface area (Å²) < 4.78 is 50.6. The number of thioether (sulfide) groups is 1. The van der Waals surface area contributed by atoms with Gasteiger partial charge in [-0.15, -0.1) is 10.2 Å². The Kier molecular flexibility index (Phi) is 8.31. The summed E-state index contributed by atoms with van der Waals surface area (Å²) in [7, 11) is 3.10. The summed E-state index contributed by atoms with van der Waals surface area (Å²) in [5, 5.41) is 12.9. The third-order valence-electron chi connectivity index (χ3n) is 5.26. The number of nitrogens with zero attached hydrogens (tertiary/aromatic N) is 4. The fourth-order valence-corrected chi connectivity index (χ4v) is 4.18. The topological polar surface area (TPSA) is 90.6 Å². The highest BCUT2D eigenvalue weighted by atomic mass is 32.2. The monoisotopic (exact) mass is 541 g/mol. The van der Waals surface area contributed by atoms with Crippen molar-refractivity contribution in [3.8, 4) is 28.6 Å². The summed E-state index contributed by atoms with van der Waals surface area (Å²) in [6.45, 7) is 0. The summed E-state index contributed by atoms with van der Waals surface area (Å²) in [5.41, 5.74) is 3.55. The van der Waals surface area contributed by atoms with Gasteiger partial charge in [-0.05, 0) is 48.0 Å². The first-order valence-corrected chi connectivity index (χ1v) is 12.1. The Hall–Kier alpha value is -4.32. The average Bonchev–Trinajstić information content (AvgIpc) is 3.35. The van der Waals surface area contributed by atoms with E-state index in [1.165, 1.54) is 18.3 Å². The molecule has 0 saturated heterocycles. The van der Waals surface area contributed by atoms with Gasteiger partial charge in [0.2, 0.25) is 0 Å². The van der Waals surface area contributed by atoms with Crippen LogP contribution in [-0.4, -0.2) is 46.9 Å². The van der Waals surface area contributed by atoms with Crippen LogP contribution >= 0.6 is 11.8 Å². The lowest BCUT2D eigenvalue weighted by Crippen LogP contribution is -2.20. The first-order chi connectivity index (χ1) is 18.3. The minimum absolute atomic E-state index is 0.0265. The van der Waals surface area contributed by atoms with Gasteiger partial charge in [-0.2, -0.15) is 18.3 Å². The van der Waals surface area contributed by atoms with E-state index in [1.54, 1.807) is 26.4 Å². The zero-order chi connectivity index (χ0) is 27.1. The summed E-state index contributed by atoms with van der Waals surface area (Å²) in [6.07, 6.45) is -3.15. The van der Waals surface area contributed by atoms with Crippen molar-refractivity contribution in [3.05, 3.63) is 83.9 Å². The van der Waals surface area contributed by atoms with Gasteiger partial charge in [0, 0.05) is 11.3 Å². The number of carbonyl (C=O) groups excluding carboxylic acids is 1. The van der Waals surface area contributed by atoms with Crippen molar-refractivity contribution in [3.63, 3.8) is 0 Å². The van der Waals surface area contributed by atoms with Crippen LogP contribution in [0, 0.1) is 0 Å². The SMILES string of the molecule is COc1ccc(-c2nnc(SCC(=O)N/N=C/c3ccc(C(F)(F)F)cc3)n2-c2ccccc2)cc1OC.